The molecule has 0 spiro atoms. The summed E-state index contributed by atoms with van der Waals surface area (Å²) < 4.78 is 22.2. The van der Waals surface area contributed by atoms with Crippen LogP contribution in [0.4, 0.5) is 0 Å². The third-order valence-corrected chi connectivity index (χ3v) is 5.09. The number of fused-ring (bicyclic) bond motifs is 1. The summed E-state index contributed by atoms with van der Waals surface area (Å²) in [6.45, 7) is 5.20. The minimum absolute atomic E-state index is 0.142. The van der Waals surface area contributed by atoms with E-state index in [2.05, 4.69) is 4.90 Å². The van der Waals surface area contributed by atoms with Gasteiger partial charge in [0.2, 0.25) is 0 Å². The van der Waals surface area contributed by atoms with Gasteiger partial charge in [-0.3, -0.25) is 4.90 Å². The second kappa shape index (κ2) is 8.17. The number of carbonyl (C=O) groups is 2. The zero-order chi connectivity index (χ0) is 19.4. The van der Waals surface area contributed by atoms with Crippen molar-refractivity contribution in [2.75, 3.05) is 33.4 Å². The highest BCUT2D eigenvalue weighted by atomic mass is 16.6. The summed E-state index contributed by atoms with van der Waals surface area (Å²) in [5.74, 6) is -0.417. The van der Waals surface area contributed by atoms with E-state index in [1.807, 2.05) is 6.07 Å². The Kier molecular flexibility index (Phi) is 5.89. The van der Waals surface area contributed by atoms with E-state index in [0.29, 0.717) is 17.1 Å². The number of hydrogen-bond acceptors (Lipinski definition) is 7. The fourth-order valence-corrected chi connectivity index (χ4v) is 3.98. The van der Waals surface area contributed by atoms with Crippen LogP contribution in [0.3, 0.4) is 0 Å². The first-order valence-electron chi connectivity index (χ1n) is 9.54. The highest BCUT2D eigenvalue weighted by Gasteiger charge is 2.65. The molecule has 1 fully saturated rings. The lowest BCUT2D eigenvalue weighted by Gasteiger charge is -2.39. The van der Waals surface area contributed by atoms with Gasteiger partial charge in [-0.25, -0.2) is 9.59 Å². The minimum Gasteiger partial charge on any atom is -0.496 e. The molecule has 0 N–H and O–H groups in total. The molecule has 27 heavy (non-hydrogen) atoms. The summed E-state index contributed by atoms with van der Waals surface area (Å²) in [5, 5.41) is 0. The molecule has 1 atom stereocenters. The Morgan fingerprint density at radius 1 is 1.11 bits per heavy atom. The Morgan fingerprint density at radius 2 is 1.74 bits per heavy atom. The topological polar surface area (TPSA) is 74.3 Å². The van der Waals surface area contributed by atoms with E-state index in [0.717, 1.165) is 32.4 Å². The maximum atomic E-state index is 13.1. The molecular weight excluding hydrogens is 350 g/mol. The van der Waals surface area contributed by atoms with Crippen LogP contribution in [0.5, 0.6) is 11.5 Å². The predicted octanol–water partition coefficient (Wildman–Crippen LogP) is 2.48. The van der Waals surface area contributed by atoms with Crippen molar-refractivity contribution in [2.45, 2.75) is 44.8 Å². The predicted molar refractivity (Wildman–Crippen MR) is 97.8 cm³/mol. The van der Waals surface area contributed by atoms with Crippen molar-refractivity contribution < 1.29 is 28.5 Å². The molecule has 2 aliphatic rings. The molecule has 0 bridgehead atoms. The second-order valence-corrected chi connectivity index (χ2v) is 6.65. The van der Waals surface area contributed by atoms with Gasteiger partial charge in [-0.2, -0.15) is 0 Å². The smallest absolute Gasteiger partial charge is 0.364 e. The molecular formula is C20H27NO6. The molecule has 2 heterocycles. The van der Waals surface area contributed by atoms with Crippen molar-refractivity contribution in [3.05, 3.63) is 23.8 Å². The number of nitrogens with zero attached hydrogens (tertiary/aromatic N) is 1. The standard InChI is InChI=1S/C20H27NO6/c1-4-25-18(22)20(19(23)26-5-2)17(21-12-7-6-8-13-21)16-14(24-3)10-9-11-15(16)27-20/h9-11,17H,4-8,12-13H2,1-3H3. The lowest BCUT2D eigenvalue weighted by molar-refractivity contribution is -0.185. The molecule has 1 aromatic carbocycles. The lowest BCUT2D eigenvalue weighted by Crippen LogP contribution is -2.59. The maximum absolute atomic E-state index is 13.1. The Hall–Kier alpha value is -2.28. The van der Waals surface area contributed by atoms with Crippen molar-refractivity contribution in [2.24, 2.45) is 0 Å². The lowest BCUT2D eigenvalue weighted by atomic mass is 9.87. The van der Waals surface area contributed by atoms with Gasteiger partial charge in [0.1, 0.15) is 17.5 Å². The third kappa shape index (κ3) is 3.25. The largest absolute Gasteiger partial charge is 0.496 e. The van der Waals surface area contributed by atoms with Crippen LogP contribution in [-0.4, -0.2) is 55.9 Å². The molecule has 0 amide bonds. The molecule has 1 saturated heterocycles. The molecule has 3 rings (SSSR count). The number of rotatable bonds is 6. The first-order chi connectivity index (χ1) is 13.1. The van der Waals surface area contributed by atoms with Gasteiger partial charge in [0.15, 0.2) is 0 Å². The van der Waals surface area contributed by atoms with Crippen molar-refractivity contribution >= 4 is 11.9 Å². The van der Waals surface area contributed by atoms with E-state index in [1.54, 1.807) is 33.1 Å². The maximum Gasteiger partial charge on any atom is 0.364 e. The summed E-state index contributed by atoms with van der Waals surface area (Å²) in [6.07, 6.45) is 3.10. The Morgan fingerprint density at radius 3 is 2.30 bits per heavy atom. The highest BCUT2D eigenvalue weighted by molar-refractivity contribution is 6.06. The van der Waals surface area contributed by atoms with Crippen LogP contribution in [0.1, 0.15) is 44.7 Å². The average Bonchev–Trinajstić information content (AvgIpc) is 3.05. The quantitative estimate of drug-likeness (QED) is 0.557. The zero-order valence-corrected chi connectivity index (χ0v) is 16.2. The number of esters is 2. The monoisotopic (exact) mass is 377 g/mol. The highest BCUT2D eigenvalue weighted by Crippen LogP contribution is 2.52. The number of carbonyl (C=O) groups excluding carboxylic acids is 2. The van der Waals surface area contributed by atoms with E-state index < -0.39 is 23.6 Å². The molecule has 0 aliphatic carbocycles. The SMILES string of the molecule is CCOC(=O)C1(C(=O)OCC)Oc2cccc(OC)c2C1N1CCCCC1. The van der Waals surface area contributed by atoms with E-state index in [4.69, 9.17) is 18.9 Å². The Balaban J connectivity index is 2.17. The van der Waals surface area contributed by atoms with Crippen molar-refractivity contribution in [3.8, 4) is 11.5 Å². The Bertz CT molecular complexity index is 680. The van der Waals surface area contributed by atoms with Gasteiger partial charge in [0.25, 0.3) is 0 Å². The van der Waals surface area contributed by atoms with Crippen molar-refractivity contribution in [3.63, 3.8) is 0 Å². The first-order valence-corrected chi connectivity index (χ1v) is 9.54. The van der Waals surface area contributed by atoms with Gasteiger partial charge in [0.05, 0.1) is 25.9 Å². The van der Waals surface area contributed by atoms with Gasteiger partial charge in [-0.15, -0.1) is 0 Å². The third-order valence-electron chi connectivity index (χ3n) is 5.09. The van der Waals surface area contributed by atoms with Gasteiger partial charge >= 0.3 is 17.5 Å². The number of hydrogen-bond donors (Lipinski definition) is 0. The number of likely N-dealkylation sites (tertiary alicyclic amines) is 1. The van der Waals surface area contributed by atoms with E-state index in [1.165, 1.54) is 0 Å². The number of methoxy groups -OCH3 is 1. The van der Waals surface area contributed by atoms with Gasteiger partial charge in [-0.1, -0.05) is 12.5 Å². The fraction of sp³-hybridized carbons (Fsp3) is 0.600. The summed E-state index contributed by atoms with van der Waals surface area (Å²) in [7, 11) is 1.57. The molecule has 7 heteroatoms. The number of piperidine rings is 1. The molecule has 2 aliphatic heterocycles. The summed E-state index contributed by atoms with van der Waals surface area (Å²) in [4.78, 5) is 28.3. The molecule has 1 aromatic rings. The van der Waals surface area contributed by atoms with E-state index in [-0.39, 0.29) is 13.2 Å². The van der Waals surface area contributed by atoms with Gasteiger partial charge < -0.3 is 18.9 Å². The van der Waals surface area contributed by atoms with Crippen LogP contribution in [0.25, 0.3) is 0 Å². The van der Waals surface area contributed by atoms with Crippen LogP contribution < -0.4 is 9.47 Å². The molecule has 0 radical (unpaired) electrons. The molecule has 148 valence electrons. The Labute approximate surface area is 159 Å². The van der Waals surface area contributed by atoms with Gasteiger partial charge in [0, 0.05) is 0 Å². The van der Waals surface area contributed by atoms with E-state index >= 15 is 0 Å². The van der Waals surface area contributed by atoms with Gasteiger partial charge in [-0.05, 0) is 51.9 Å². The minimum atomic E-state index is -1.89. The van der Waals surface area contributed by atoms with E-state index in [9.17, 15) is 9.59 Å². The molecule has 7 nitrogen and oxygen atoms in total. The number of benzene rings is 1. The molecule has 0 saturated carbocycles. The first kappa shape index (κ1) is 19.5. The molecule has 1 unspecified atom stereocenters. The zero-order valence-electron chi connectivity index (χ0n) is 16.2. The van der Waals surface area contributed by atoms with Crippen LogP contribution in [0.15, 0.2) is 18.2 Å². The van der Waals surface area contributed by atoms with Crippen molar-refractivity contribution in [1.29, 1.82) is 0 Å². The molecule has 0 aromatic heterocycles. The second-order valence-electron chi connectivity index (χ2n) is 6.65. The van der Waals surface area contributed by atoms with Crippen LogP contribution in [-0.2, 0) is 19.1 Å². The van der Waals surface area contributed by atoms with Crippen LogP contribution in [0, 0.1) is 0 Å². The van der Waals surface area contributed by atoms with Crippen molar-refractivity contribution in [1.82, 2.24) is 4.90 Å². The normalized spacial score (nSPS) is 21.1. The summed E-state index contributed by atoms with van der Waals surface area (Å²) in [6, 6.07) is 4.68. The summed E-state index contributed by atoms with van der Waals surface area (Å²) in [5.41, 5.74) is -1.19. The fourth-order valence-electron chi connectivity index (χ4n) is 3.98. The average molecular weight is 377 g/mol. The van der Waals surface area contributed by atoms with Crippen LogP contribution in [0.2, 0.25) is 0 Å². The summed E-state index contributed by atoms with van der Waals surface area (Å²) >= 11 is 0. The van der Waals surface area contributed by atoms with Crippen LogP contribution >= 0.6 is 0 Å². The number of ether oxygens (including phenoxy) is 4.